The lowest BCUT2D eigenvalue weighted by atomic mass is 10.1. The number of ether oxygens (including phenoxy) is 1. The van der Waals surface area contributed by atoms with E-state index in [1.54, 1.807) is 0 Å². The van der Waals surface area contributed by atoms with Crippen molar-refractivity contribution in [3.05, 3.63) is 60.4 Å². The lowest BCUT2D eigenvalue weighted by molar-refractivity contribution is 0.0398. The first-order valence-electron chi connectivity index (χ1n) is 9.85. The van der Waals surface area contributed by atoms with Crippen LogP contribution in [0.15, 0.2) is 49.2 Å². The van der Waals surface area contributed by atoms with Crippen molar-refractivity contribution in [1.82, 2.24) is 19.5 Å². The summed E-state index contributed by atoms with van der Waals surface area (Å²) in [4.78, 5) is 7.30. The number of rotatable bonds is 7. The molecule has 28 heavy (non-hydrogen) atoms. The van der Waals surface area contributed by atoms with Crippen LogP contribution in [-0.2, 0) is 11.2 Å². The summed E-state index contributed by atoms with van der Waals surface area (Å²) in [6.07, 6.45) is 4.59. The molecule has 146 valence electrons. The van der Waals surface area contributed by atoms with Gasteiger partial charge in [-0.15, -0.1) is 6.58 Å². The van der Waals surface area contributed by atoms with Crippen molar-refractivity contribution in [3.8, 4) is 11.1 Å². The van der Waals surface area contributed by atoms with E-state index in [1.807, 2.05) is 35.0 Å². The number of nitrogens with one attached hydrogen (secondary N) is 1. The number of morpholine rings is 1. The molecule has 1 aliphatic rings. The summed E-state index contributed by atoms with van der Waals surface area (Å²) in [5, 5.41) is 8.29. The van der Waals surface area contributed by atoms with Gasteiger partial charge in [0.15, 0.2) is 5.65 Å². The standard InChI is InChI=1S/C22H27N5O/c1-3-7-19-17(2)25-22-20(18-8-5-4-6-9-18)16-24-27(22)21(19)23-10-11-26-12-14-28-15-13-26/h3-6,8-9,16,23H,1,7,10-15H2,2H3. The molecule has 6 heteroatoms. The maximum Gasteiger partial charge on any atom is 0.165 e. The molecule has 4 rings (SSSR count). The SMILES string of the molecule is C=CCc1c(C)nc2c(-c3ccccc3)cnn2c1NCCN1CCOCC1. The zero-order valence-corrected chi connectivity index (χ0v) is 16.4. The van der Waals surface area contributed by atoms with Gasteiger partial charge in [-0.2, -0.15) is 9.61 Å². The van der Waals surface area contributed by atoms with Crippen LogP contribution in [0.5, 0.6) is 0 Å². The first-order valence-corrected chi connectivity index (χ1v) is 9.85. The van der Waals surface area contributed by atoms with E-state index in [2.05, 4.69) is 41.0 Å². The molecular formula is C22H27N5O. The van der Waals surface area contributed by atoms with Gasteiger partial charge in [0.05, 0.1) is 19.4 Å². The van der Waals surface area contributed by atoms with Crippen LogP contribution in [0.2, 0.25) is 0 Å². The van der Waals surface area contributed by atoms with Crippen molar-refractivity contribution >= 4 is 11.5 Å². The van der Waals surface area contributed by atoms with Crippen LogP contribution in [0.4, 0.5) is 5.82 Å². The molecule has 1 saturated heterocycles. The van der Waals surface area contributed by atoms with Crippen molar-refractivity contribution in [3.63, 3.8) is 0 Å². The minimum atomic E-state index is 0.759. The van der Waals surface area contributed by atoms with E-state index in [0.29, 0.717) is 0 Å². The van der Waals surface area contributed by atoms with E-state index < -0.39 is 0 Å². The van der Waals surface area contributed by atoms with E-state index in [9.17, 15) is 0 Å². The molecule has 0 atom stereocenters. The van der Waals surface area contributed by atoms with E-state index >= 15 is 0 Å². The first-order chi connectivity index (χ1) is 13.8. The maximum atomic E-state index is 5.44. The average molecular weight is 377 g/mol. The molecule has 1 aliphatic heterocycles. The van der Waals surface area contributed by atoms with Crippen molar-refractivity contribution in [1.29, 1.82) is 0 Å². The third-order valence-corrected chi connectivity index (χ3v) is 5.21. The molecule has 0 bridgehead atoms. The quantitative estimate of drug-likeness (QED) is 0.641. The molecule has 0 radical (unpaired) electrons. The Morgan fingerprint density at radius 1 is 1.21 bits per heavy atom. The summed E-state index contributed by atoms with van der Waals surface area (Å²) in [5.74, 6) is 1.01. The van der Waals surface area contributed by atoms with Gasteiger partial charge in [-0.1, -0.05) is 36.4 Å². The number of benzene rings is 1. The summed E-state index contributed by atoms with van der Waals surface area (Å²) in [7, 11) is 0. The third kappa shape index (κ3) is 3.79. The zero-order chi connectivity index (χ0) is 19.3. The smallest absolute Gasteiger partial charge is 0.165 e. The molecule has 2 aromatic heterocycles. The second-order valence-electron chi connectivity index (χ2n) is 7.06. The highest BCUT2D eigenvalue weighted by atomic mass is 16.5. The minimum Gasteiger partial charge on any atom is -0.379 e. The van der Waals surface area contributed by atoms with Crippen molar-refractivity contribution in [2.24, 2.45) is 0 Å². The Morgan fingerprint density at radius 3 is 2.75 bits per heavy atom. The topological polar surface area (TPSA) is 54.7 Å². The molecule has 3 aromatic rings. The summed E-state index contributed by atoms with van der Waals surface area (Å²) in [6.45, 7) is 11.4. The van der Waals surface area contributed by atoms with E-state index in [0.717, 1.165) is 79.7 Å². The summed E-state index contributed by atoms with van der Waals surface area (Å²) in [6, 6.07) is 10.3. The Kier molecular flexibility index (Phi) is 5.69. The molecule has 1 fully saturated rings. The molecule has 3 heterocycles. The summed E-state index contributed by atoms with van der Waals surface area (Å²) >= 11 is 0. The lowest BCUT2D eigenvalue weighted by Gasteiger charge is -2.27. The Hall–Kier alpha value is -2.70. The van der Waals surface area contributed by atoms with Gasteiger partial charge in [-0.3, -0.25) is 4.90 Å². The van der Waals surface area contributed by atoms with Crippen LogP contribution < -0.4 is 5.32 Å². The fraction of sp³-hybridized carbons (Fsp3) is 0.364. The molecule has 1 N–H and O–H groups in total. The highest BCUT2D eigenvalue weighted by Gasteiger charge is 2.17. The van der Waals surface area contributed by atoms with Crippen LogP contribution in [0.1, 0.15) is 11.3 Å². The average Bonchev–Trinajstić information content (AvgIpc) is 3.15. The predicted molar refractivity (Wildman–Crippen MR) is 113 cm³/mol. The van der Waals surface area contributed by atoms with Crippen LogP contribution in [0, 0.1) is 6.92 Å². The predicted octanol–water partition coefficient (Wildman–Crippen LogP) is 3.18. The molecule has 6 nitrogen and oxygen atoms in total. The second-order valence-corrected chi connectivity index (χ2v) is 7.06. The fourth-order valence-electron chi connectivity index (χ4n) is 3.69. The Balaban J connectivity index is 1.66. The third-order valence-electron chi connectivity index (χ3n) is 5.21. The number of aryl methyl sites for hydroxylation is 1. The molecule has 0 aliphatic carbocycles. The van der Waals surface area contributed by atoms with Crippen LogP contribution in [0.3, 0.4) is 0 Å². The van der Waals surface area contributed by atoms with Gasteiger partial charge < -0.3 is 10.1 Å². The largest absolute Gasteiger partial charge is 0.379 e. The van der Waals surface area contributed by atoms with Crippen molar-refractivity contribution in [2.75, 3.05) is 44.7 Å². The molecule has 0 unspecified atom stereocenters. The maximum absolute atomic E-state index is 5.44. The minimum absolute atomic E-state index is 0.759. The number of anilines is 1. The lowest BCUT2D eigenvalue weighted by Crippen LogP contribution is -2.39. The first kappa shape index (κ1) is 18.7. The molecule has 0 amide bonds. The number of hydrogen-bond acceptors (Lipinski definition) is 5. The van der Waals surface area contributed by atoms with Gasteiger partial charge in [0.1, 0.15) is 5.82 Å². The van der Waals surface area contributed by atoms with Crippen molar-refractivity contribution < 1.29 is 4.74 Å². The summed E-state index contributed by atoms with van der Waals surface area (Å²) in [5.41, 5.74) is 5.21. The highest BCUT2D eigenvalue weighted by Crippen LogP contribution is 2.28. The van der Waals surface area contributed by atoms with E-state index in [4.69, 9.17) is 9.72 Å². The van der Waals surface area contributed by atoms with Gasteiger partial charge in [0.2, 0.25) is 0 Å². The Morgan fingerprint density at radius 2 is 2.00 bits per heavy atom. The number of fused-ring (bicyclic) bond motifs is 1. The van der Waals surface area contributed by atoms with Crippen LogP contribution >= 0.6 is 0 Å². The zero-order valence-electron chi connectivity index (χ0n) is 16.4. The number of aromatic nitrogens is 3. The monoisotopic (exact) mass is 377 g/mol. The fourth-order valence-corrected chi connectivity index (χ4v) is 3.69. The molecular weight excluding hydrogens is 350 g/mol. The van der Waals surface area contributed by atoms with Crippen LogP contribution in [0.25, 0.3) is 16.8 Å². The molecule has 0 spiro atoms. The number of hydrogen-bond donors (Lipinski definition) is 1. The summed E-state index contributed by atoms with van der Waals surface area (Å²) < 4.78 is 7.38. The van der Waals surface area contributed by atoms with Crippen molar-refractivity contribution in [2.45, 2.75) is 13.3 Å². The molecule has 1 aromatic carbocycles. The normalized spacial score (nSPS) is 15.0. The van der Waals surface area contributed by atoms with Gasteiger partial charge in [-0.25, -0.2) is 4.98 Å². The van der Waals surface area contributed by atoms with Crippen LogP contribution in [-0.4, -0.2) is 58.9 Å². The van der Waals surface area contributed by atoms with E-state index in [-0.39, 0.29) is 0 Å². The van der Waals surface area contributed by atoms with E-state index in [1.165, 1.54) is 0 Å². The van der Waals surface area contributed by atoms with Gasteiger partial charge in [0.25, 0.3) is 0 Å². The Bertz CT molecular complexity index is 944. The second kappa shape index (κ2) is 8.54. The number of allylic oxidation sites excluding steroid dienone is 1. The highest BCUT2D eigenvalue weighted by molar-refractivity contribution is 5.78. The Labute approximate surface area is 165 Å². The molecule has 0 saturated carbocycles. The van der Waals surface area contributed by atoms with Gasteiger partial charge in [0, 0.05) is 43.0 Å². The van der Waals surface area contributed by atoms with Gasteiger partial charge >= 0.3 is 0 Å². The van der Waals surface area contributed by atoms with Gasteiger partial charge in [-0.05, 0) is 18.9 Å². The number of nitrogens with zero attached hydrogens (tertiary/aromatic N) is 4.